The van der Waals surface area contributed by atoms with E-state index in [2.05, 4.69) is 135 Å². The average molecular weight is 459 g/mol. The van der Waals surface area contributed by atoms with Crippen LogP contribution in [0.2, 0.25) is 0 Å². The number of hydrogen-bond acceptors (Lipinski definition) is 0. The third-order valence-electron chi connectivity index (χ3n) is 7.47. The van der Waals surface area contributed by atoms with Gasteiger partial charge in [-0.25, -0.2) is 0 Å². The number of hydrogen-bond donors (Lipinski definition) is 0. The molecule has 7 aromatic rings. The molecule has 0 bridgehead atoms. The summed E-state index contributed by atoms with van der Waals surface area (Å²) in [6.07, 6.45) is 0. The van der Waals surface area contributed by atoms with E-state index in [1.165, 1.54) is 76.5 Å². The van der Waals surface area contributed by atoms with Crippen LogP contribution in [0.15, 0.2) is 121 Å². The summed E-state index contributed by atoms with van der Waals surface area (Å²) in [6.45, 7) is 4.34. The average Bonchev–Trinajstić information content (AvgIpc) is 2.90. The van der Waals surface area contributed by atoms with Crippen molar-refractivity contribution in [2.75, 3.05) is 0 Å². The van der Waals surface area contributed by atoms with Crippen LogP contribution in [-0.4, -0.2) is 0 Å². The normalized spacial score (nSPS) is 11.6. The number of rotatable bonds is 2. The molecule has 0 saturated heterocycles. The molecule has 0 aliphatic carbocycles. The predicted octanol–water partition coefficient (Wildman–Crippen LogP) is 10.3. The van der Waals surface area contributed by atoms with E-state index in [-0.39, 0.29) is 0 Å². The van der Waals surface area contributed by atoms with Gasteiger partial charge in [-0.1, -0.05) is 108 Å². The molecule has 0 aliphatic rings. The molecule has 0 N–H and O–H groups in total. The van der Waals surface area contributed by atoms with Crippen LogP contribution in [0.1, 0.15) is 11.1 Å². The summed E-state index contributed by atoms with van der Waals surface area (Å²) < 4.78 is 0. The highest BCUT2D eigenvalue weighted by molar-refractivity contribution is 6.25. The monoisotopic (exact) mass is 458 g/mol. The maximum absolute atomic E-state index is 2.41. The van der Waals surface area contributed by atoms with E-state index < -0.39 is 0 Å². The Morgan fingerprint density at radius 1 is 0.333 bits per heavy atom. The minimum absolute atomic E-state index is 1.26. The third kappa shape index (κ3) is 3.30. The Morgan fingerprint density at radius 2 is 0.694 bits per heavy atom. The van der Waals surface area contributed by atoms with Gasteiger partial charge in [-0.15, -0.1) is 0 Å². The zero-order chi connectivity index (χ0) is 24.2. The Balaban J connectivity index is 1.78. The zero-order valence-corrected chi connectivity index (χ0v) is 20.5. The minimum Gasteiger partial charge on any atom is -0.0622 e. The summed E-state index contributed by atoms with van der Waals surface area (Å²) in [4.78, 5) is 0. The van der Waals surface area contributed by atoms with Gasteiger partial charge in [0.2, 0.25) is 0 Å². The van der Waals surface area contributed by atoms with Gasteiger partial charge in [0.15, 0.2) is 0 Å². The Labute approximate surface area is 211 Å². The lowest BCUT2D eigenvalue weighted by atomic mass is 9.84. The molecule has 7 rings (SSSR count). The van der Waals surface area contributed by atoms with Gasteiger partial charge in [0, 0.05) is 0 Å². The maximum atomic E-state index is 2.41. The van der Waals surface area contributed by atoms with Gasteiger partial charge in [0.05, 0.1) is 0 Å². The molecule has 0 atom stereocenters. The van der Waals surface area contributed by atoms with E-state index in [0.717, 1.165) is 0 Å². The maximum Gasteiger partial charge on any atom is -0.00259 e. The molecule has 0 radical (unpaired) electrons. The number of benzene rings is 7. The molecule has 0 heteroatoms. The smallest absolute Gasteiger partial charge is 0.00259 e. The summed E-state index contributed by atoms with van der Waals surface area (Å²) in [5.74, 6) is 0. The van der Waals surface area contributed by atoms with Crippen molar-refractivity contribution in [2.45, 2.75) is 13.8 Å². The van der Waals surface area contributed by atoms with Gasteiger partial charge in [-0.3, -0.25) is 0 Å². The first kappa shape index (κ1) is 20.9. The fraction of sp³-hybridized carbons (Fsp3) is 0.0556. The molecule has 0 amide bonds. The summed E-state index contributed by atoms with van der Waals surface area (Å²) in [7, 11) is 0. The standard InChI is InChI=1S/C36H26/c1-23-13-15-27-19-31-33(21-29(27)17-23)35(25-9-5-3-6-10-25)32-20-28-16-14-24(2)18-30(28)22-34(32)36(31)26-11-7-4-8-12-26/h3-22H,1-2H3. The highest BCUT2D eigenvalue weighted by Crippen LogP contribution is 2.46. The van der Waals surface area contributed by atoms with Crippen molar-refractivity contribution in [3.63, 3.8) is 0 Å². The van der Waals surface area contributed by atoms with Crippen molar-refractivity contribution in [2.24, 2.45) is 0 Å². The van der Waals surface area contributed by atoms with Crippen LogP contribution >= 0.6 is 0 Å². The fourth-order valence-corrected chi connectivity index (χ4v) is 5.78. The highest BCUT2D eigenvalue weighted by Gasteiger charge is 2.18. The van der Waals surface area contributed by atoms with Gasteiger partial charge in [-0.2, -0.15) is 0 Å². The van der Waals surface area contributed by atoms with Gasteiger partial charge in [0.1, 0.15) is 0 Å². The van der Waals surface area contributed by atoms with Crippen molar-refractivity contribution < 1.29 is 0 Å². The minimum atomic E-state index is 1.26. The van der Waals surface area contributed by atoms with Gasteiger partial charge < -0.3 is 0 Å². The van der Waals surface area contributed by atoms with Crippen LogP contribution in [0, 0.1) is 13.8 Å². The Morgan fingerprint density at radius 3 is 1.08 bits per heavy atom. The molecule has 0 saturated carbocycles. The molecule has 7 aromatic carbocycles. The summed E-state index contributed by atoms with van der Waals surface area (Å²) in [5, 5.41) is 10.3. The third-order valence-corrected chi connectivity index (χ3v) is 7.47. The molecule has 0 heterocycles. The van der Waals surface area contributed by atoms with Crippen LogP contribution in [0.4, 0.5) is 0 Å². The van der Waals surface area contributed by atoms with Gasteiger partial charge in [0.25, 0.3) is 0 Å². The van der Waals surface area contributed by atoms with E-state index in [1.807, 2.05) is 0 Å². The summed E-state index contributed by atoms with van der Waals surface area (Å²) in [5.41, 5.74) is 7.70. The SMILES string of the molecule is Cc1ccc2cc3c(-c4ccccc4)c4cc5cc(C)ccc5cc4c(-c4ccccc4)c3cc2c1. The van der Waals surface area contributed by atoms with Crippen LogP contribution in [0.5, 0.6) is 0 Å². The lowest BCUT2D eigenvalue weighted by Gasteiger charge is -2.19. The molecule has 170 valence electrons. The quantitative estimate of drug-likeness (QED) is 0.226. The second kappa shape index (κ2) is 8.07. The predicted molar refractivity (Wildman–Crippen MR) is 157 cm³/mol. The lowest BCUT2D eigenvalue weighted by molar-refractivity contribution is 1.51. The molecule has 0 nitrogen and oxygen atoms in total. The molecular formula is C36H26. The Hall–Kier alpha value is -4.42. The van der Waals surface area contributed by atoms with E-state index in [9.17, 15) is 0 Å². The molecule has 0 unspecified atom stereocenters. The van der Waals surface area contributed by atoms with Crippen molar-refractivity contribution in [1.29, 1.82) is 0 Å². The summed E-state index contributed by atoms with van der Waals surface area (Å²) >= 11 is 0. The Bertz CT molecular complexity index is 1780. The van der Waals surface area contributed by atoms with Crippen LogP contribution in [-0.2, 0) is 0 Å². The molecule has 36 heavy (non-hydrogen) atoms. The second-order valence-corrected chi connectivity index (χ2v) is 9.98. The molecular weight excluding hydrogens is 432 g/mol. The van der Waals surface area contributed by atoms with Crippen molar-refractivity contribution in [3.05, 3.63) is 132 Å². The fourth-order valence-electron chi connectivity index (χ4n) is 5.78. The molecule has 0 fully saturated rings. The van der Waals surface area contributed by atoms with E-state index in [4.69, 9.17) is 0 Å². The molecule has 0 aromatic heterocycles. The second-order valence-electron chi connectivity index (χ2n) is 9.98. The van der Waals surface area contributed by atoms with E-state index in [0.29, 0.717) is 0 Å². The van der Waals surface area contributed by atoms with Crippen LogP contribution in [0.25, 0.3) is 65.3 Å². The van der Waals surface area contributed by atoms with Crippen molar-refractivity contribution in [1.82, 2.24) is 0 Å². The largest absolute Gasteiger partial charge is 0.0622 e. The first-order valence-electron chi connectivity index (χ1n) is 12.6. The van der Waals surface area contributed by atoms with E-state index in [1.54, 1.807) is 0 Å². The first-order valence-corrected chi connectivity index (χ1v) is 12.6. The summed E-state index contributed by atoms with van der Waals surface area (Å²) in [6, 6.07) is 44.9. The van der Waals surface area contributed by atoms with Crippen LogP contribution < -0.4 is 0 Å². The van der Waals surface area contributed by atoms with Crippen molar-refractivity contribution in [3.8, 4) is 22.3 Å². The van der Waals surface area contributed by atoms with E-state index >= 15 is 0 Å². The lowest BCUT2D eigenvalue weighted by Crippen LogP contribution is -1.92. The number of aryl methyl sites for hydroxylation is 2. The van der Waals surface area contributed by atoms with Crippen LogP contribution in [0.3, 0.4) is 0 Å². The molecule has 0 aliphatic heterocycles. The van der Waals surface area contributed by atoms with Gasteiger partial charge >= 0.3 is 0 Å². The number of fused-ring (bicyclic) bond motifs is 4. The highest BCUT2D eigenvalue weighted by atomic mass is 14.2. The topological polar surface area (TPSA) is 0 Å². The Kier molecular flexibility index (Phi) is 4.69. The first-order chi connectivity index (χ1) is 17.7. The van der Waals surface area contributed by atoms with Gasteiger partial charge in [-0.05, 0) is 103 Å². The van der Waals surface area contributed by atoms with Crippen molar-refractivity contribution >= 4 is 43.1 Å². The zero-order valence-electron chi connectivity index (χ0n) is 20.5. The molecule has 0 spiro atoms.